The van der Waals surface area contributed by atoms with Crippen LogP contribution in [-0.4, -0.2) is 55.1 Å². The van der Waals surface area contributed by atoms with Gasteiger partial charge in [-0.25, -0.2) is 0 Å². The Morgan fingerprint density at radius 2 is 1.89 bits per heavy atom. The average molecular weight is 366 g/mol. The summed E-state index contributed by atoms with van der Waals surface area (Å²) in [6, 6.07) is 16.5. The first-order chi connectivity index (χ1) is 13.2. The SMILES string of the molecule is COc1cccc(OCC(=O)N2CCC(N3CCc4ccccc4C3)C2)c1. The second kappa shape index (κ2) is 8.01. The number of carbonyl (C=O) groups is 1. The maximum Gasteiger partial charge on any atom is 0.260 e. The van der Waals surface area contributed by atoms with Gasteiger partial charge < -0.3 is 14.4 Å². The van der Waals surface area contributed by atoms with Crippen molar-refractivity contribution in [3.63, 3.8) is 0 Å². The van der Waals surface area contributed by atoms with Crippen LogP contribution in [-0.2, 0) is 17.8 Å². The van der Waals surface area contributed by atoms with Crippen LogP contribution in [0.4, 0.5) is 0 Å². The fourth-order valence-electron chi connectivity index (χ4n) is 4.02. The van der Waals surface area contributed by atoms with E-state index in [0.29, 0.717) is 11.8 Å². The first-order valence-electron chi connectivity index (χ1n) is 9.58. The second-order valence-corrected chi connectivity index (χ2v) is 7.24. The Bertz CT molecular complexity index is 808. The van der Waals surface area contributed by atoms with Crippen LogP contribution in [0, 0.1) is 0 Å². The molecule has 0 N–H and O–H groups in total. The number of rotatable bonds is 5. The zero-order valence-electron chi connectivity index (χ0n) is 15.8. The van der Waals surface area contributed by atoms with E-state index >= 15 is 0 Å². The molecule has 2 aliphatic heterocycles. The number of hydrogen-bond donors (Lipinski definition) is 0. The highest BCUT2D eigenvalue weighted by Crippen LogP contribution is 2.25. The molecule has 2 heterocycles. The molecule has 5 nitrogen and oxygen atoms in total. The molecule has 0 aromatic heterocycles. The van der Waals surface area contributed by atoms with Gasteiger partial charge in [-0.15, -0.1) is 0 Å². The Hall–Kier alpha value is -2.53. The fraction of sp³-hybridized carbons (Fsp3) is 0.409. The fourth-order valence-corrected chi connectivity index (χ4v) is 4.02. The predicted octanol–water partition coefficient (Wildman–Crippen LogP) is 2.73. The number of fused-ring (bicyclic) bond motifs is 1. The molecule has 1 atom stereocenters. The number of ether oxygens (including phenoxy) is 2. The van der Waals surface area contributed by atoms with Gasteiger partial charge in [0, 0.05) is 38.3 Å². The largest absolute Gasteiger partial charge is 0.497 e. The second-order valence-electron chi connectivity index (χ2n) is 7.24. The van der Waals surface area contributed by atoms with Gasteiger partial charge in [-0.2, -0.15) is 0 Å². The molecular formula is C22H26N2O3. The lowest BCUT2D eigenvalue weighted by Gasteiger charge is -2.33. The van der Waals surface area contributed by atoms with E-state index in [1.807, 2.05) is 23.1 Å². The number of carbonyl (C=O) groups excluding carboxylic acids is 1. The molecule has 2 aromatic carbocycles. The van der Waals surface area contributed by atoms with E-state index in [2.05, 4.69) is 29.2 Å². The first-order valence-corrected chi connectivity index (χ1v) is 9.58. The van der Waals surface area contributed by atoms with Crippen LogP contribution in [0.1, 0.15) is 17.5 Å². The number of hydrogen-bond acceptors (Lipinski definition) is 4. The van der Waals surface area contributed by atoms with Crippen LogP contribution in [0.2, 0.25) is 0 Å². The van der Waals surface area contributed by atoms with Crippen LogP contribution in [0.5, 0.6) is 11.5 Å². The van der Waals surface area contributed by atoms with E-state index in [4.69, 9.17) is 9.47 Å². The van der Waals surface area contributed by atoms with E-state index in [9.17, 15) is 4.79 Å². The lowest BCUT2D eigenvalue weighted by Crippen LogP contribution is -2.42. The molecule has 0 radical (unpaired) electrons. The quantitative estimate of drug-likeness (QED) is 0.816. The number of methoxy groups -OCH3 is 1. The normalized spacial score (nSPS) is 19.6. The summed E-state index contributed by atoms with van der Waals surface area (Å²) in [6.45, 7) is 3.74. The Morgan fingerprint density at radius 3 is 2.74 bits per heavy atom. The molecule has 1 fully saturated rings. The average Bonchev–Trinajstić information content (AvgIpc) is 3.22. The Morgan fingerprint density at radius 1 is 1.07 bits per heavy atom. The van der Waals surface area contributed by atoms with Crippen molar-refractivity contribution in [2.75, 3.05) is 33.4 Å². The van der Waals surface area contributed by atoms with Gasteiger partial charge in [-0.05, 0) is 36.1 Å². The van der Waals surface area contributed by atoms with Gasteiger partial charge in [0.15, 0.2) is 6.61 Å². The lowest BCUT2D eigenvalue weighted by atomic mass is 9.98. The van der Waals surface area contributed by atoms with Crippen molar-refractivity contribution < 1.29 is 14.3 Å². The lowest BCUT2D eigenvalue weighted by molar-refractivity contribution is -0.132. The monoisotopic (exact) mass is 366 g/mol. The van der Waals surface area contributed by atoms with Gasteiger partial charge in [0.1, 0.15) is 11.5 Å². The zero-order valence-corrected chi connectivity index (χ0v) is 15.8. The highest BCUT2D eigenvalue weighted by Gasteiger charge is 2.32. The highest BCUT2D eigenvalue weighted by atomic mass is 16.5. The molecule has 0 saturated carbocycles. The van der Waals surface area contributed by atoms with Crippen molar-refractivity contribution in [2.24, 2.45) is 0 Å². The first kappa shape index (κ1) is 17.9. The summed E-state index contributed by atoms with van der Waals surface area (Å²) < 4.78 is 10.9. The number of amides is 1. The molecule has 1 unspecified atom stereocenters. The van der Waals surface area contributed by atoms with Crippen LogP contribution in [0.25, 0.3) is 0 Å². The summed E-state index contributed by atoms with van der Waals surface area (Å²) in [4.78, 5) is 17.0. The van der Waals surface area contributed by atoms with Crippen molar-refractivity contribution in [3.05, 3.63) is 59.7 Å². The van der Waals surface area contributed by atoms with Gasteiger partial charge in [0.25, 0.3) is 5.91 Å². The van der Waals surface area contributed by atoms with Crippen molar-refractivity contribution in [2.45, 2.75) is 25.4 Å². The summed E-state index contributed by atoms with van der Waals surface area (Å²) >= 11 is 0. The van der Waals surface area contributed by atoms with Gasteiger partial charge in [-0.3, -0.25) is 9.69 Å². The number of nitrogens with zero attached hydrogens (tertiary/aromatic N) is 2. The predicted molar refractivity (Wildman–Crippen MR) is 104 cm³/mol. The summed E-state index contributed by atoms with van der Waals surface area (Å²) in [7, 11) is 1.62. The van der Waals surface area contributed by atoms with Gasteiger partial charge in [0.05, 0.1) is 7.11 Å². The maximum atomic E-state index is 12.6. The molecule has 5 heteroatoms. The Labute approximate surface area is 160 Å². The van der Waals surface area contributed by atoms with Crippen molar-refractivity contribution >= 4 is 5.91 Å². The standard InChI is InChI=1S/C22H26N2O3/c1-26-20-7-4-8-21(13-20)27-16-22(25)24-12-10-19(15-24)23-11-9-17-5-2-3-6-18(17)14-23/h2-8,13,19H,9-12,14-16H2,1H3. The number of likely N-dealkylation sites (tertiary alicyclic amines) is 1. The summed E-state index contributed by atoms with van der Waals surface area (Å²) in [5.74, 6) is 1.44. The van der Waals surface area contributed by atoms with Crippen molar-refractivity contribution in [1.29, 1.82) is 0 Å². The molecule has 4 rings (SSSR count). The summed E-state index contributed by atoms with van der Waals surface area (Å²) in [5.41, 5.74) is 2.89. The summed E-state index contributed by atoms with van der Waals surface area (Å²) in [6.07, 6.45) is 2.13. The molecule has 0 aliphatic carbocycles. The molecule has 27 heavy (non-hydrogen) atoms. The van der Waals surface area contributed by atoms with Crippen LogP contribution in [0.15, 0.2) is 48.5 Å². The van der Waals surface area contributed by atoms with E-state index in [-0.39, 0.29) is 12.5 Å². The zero-order chi connectivity index (χ0) is 18.6. The molecule has 0 spiro atoms. The third kappa shape index (κ3) is 4.08. The van der Waals surface area contributed by atoms with E-state index in [1.165, 1.54) is 11.1 Å². The molecule has 2 aliphatic rings. The van der Waals surface area contributed by atoms with Gasteiger partial charge >= 0.3 is 0 Å². The molecule has 142 valence electrons. The van der Waals surface area contributed by atoms with E-state index in [0.717, 1.165) is 44.8 Å². The summed E-state index contributed by atoms with van der Waals surface area (Å²) in [5, 5.41) is 0. The minimum Gasteiger partial charge on any atom is -0.497 e. The van der Waals surface area contributed by atoms with Crippen molar-refractivity contribution in [3.8, 4) is 11.5 Å². The molecule has 1 amide bonds. The maximum absolute atomic E-state index is 12.6. The van der Waals surface area contributed by atoms with Crippen LogP contribution >= 0.6 is 0 Å². The molecule has 2 aromatic rings. The minimum atomic E-state index is 0.0535. The van der Waals surface area contributed by atoms with Crippen LogP contribution < -0.4 is 9.47 Å². The number of benzene rings is 2. The van der Waals surface area contributed by atoms with Crippen molar-refractivity contribution in [1.82, 2.24) is 9.80 Å². The molecular weight excluding hydrogens is 340 g/mol. The Balaban J connectivity index is 1.29. The van der Waals surface area contributed by atoms with E-state index < -0.39 is 0 Å². The molecule has 1 saturated heterocycles. The van der Waals surface area contributed by atoms with Gasteiger partial charge in [-0.1, -0.05) is 30.3 Å². The minimum absolute atomic E-state index is 0.0535. The third-order valence-corrected chi connectivity index (χ3v) is 5.60. The van der Waals surface area contributed by atoms with E-state index in [1.54, 1.807) is 13.2 Å². The highest BCUT2D eigenvalue weighted by molar-refractivity contribution is 5.78. The topological polar surface area (TPSA) is 42.0 Å². The van der Waals surface area contributed by atoms with Gasteiger partial charge in [0.2, 0.25) is 0 Å². The van der Waals surface area contributed by atoms with Crippen LogP contribution in [0.3, 0.4) is 0 Å². The Kier molecular flexibility index (Phi) is 5.30. The smallest absolute Gasteiger partial charge is 0.260 e. The molecule has 0 bridgehead atoms. The third-order valence-electron chi connectivity index (χ3n) is 5.60.